The van der Waals surface area contributed by atoms with Gasteiger partial charge in [-0.2, -0.15) is 5.26 Å². The van der Waals surface area contributed by atoms with Gasteiger partial charge in [0.25, 0.3) is 0 Å². The van der Waals surface area contributed by atoms with Crippen molar-refractivity contribution in [1.82, 2.24) is 10.3 Å². The van der Waals surface area contributed by atoms with Crippen LogP contribution in [0.15, 0.2) is 12.3 Å². The van der Waals surface area contributed by atoms with E-state index in [1.807, 2.05) is 17.9 Å². The van der Waals surface area contributed by atoms with E-state index in [0.717, 1.165) is 25.1 Å². The van der Waals surface area contributed by atoms with E-state index in [2.05, 4.69) is 16.4 Å². The number of aliphatic hydroxyl groups excluding tert-OH is 1. The van der Waals surface area contributed by atoms with Crippen molar-refractivity contribution < 1.29 is 5.11 Å². The maximum atomic E-state index is 9.28. The average molecular weight is 260 g/mol. The van der Waals surface area contributed by atoms with Crippen molar-refractivity contribution in [1.29, 1.82) is 5.26 Å². The molecule has 1 aromatic heterocycles. The van der Waals surface area contributed by atoms with Gasteiger partial charge < -0.3 is 15.3 Å². The standard InChI is InChI=1S/C14H20N4O/c1-11-4-6-17-14(13(11)9-15)18(7-8-19)10-12-3-2-5-16-12/h4,6,12,16,19H,2-3,5,7-8,10H2,1H3. The highest BCUT2D eigenvalue weighted by Crippen LogP contribution is 2.21. The number of aliphatic hydroxyl groups is 1. The Morgan fingerprint density at radius 1 is 1.63 bits per heavy atom. The Morgan fingerprint density at radius 3 is 3.11 bits per heavy atom. The second kappa shape index (κ2) is 6.50. The molecule has 1 fully saturated rings. The van der Waals surface area contributed by atoms with Crippen LogP contribution in [0.25, 0.3) is 0 Å². The summed E-state index contributed by atoms with van der Waals surface area (Å²) < 4.78 is 0. The molecule has 2 N–H and O–H groups in total. The first-order valence-electron chi connectivity index (χ1n) is 6.71. The second-order valence-electron chi connectivity index (χ2n) is 4.90. The molecule has 0 aromatic carbocycles. The highest BCUT2D eigenvalue weighted by Gasteiger charge is 2.21. The Bertz CT molecular complexity index is 463. The summed E-state index contributed by atoms with van der Waals surface area (Å²) in [7, 11) is 0. The fourth-order valence-corrected chi connectivity index (χ4v) is 2.50. The fourth-order valence-electron chi connectivity index (χ4n) is 2.50. The molecule has 1 aliphatic rings. The molecule has 0 saturated carbocycles. The van der Waals surface area contributed by atoms with E-state index in [1.165, 1.54) is 6.42 Å². The van der Waals surface area contributed by atoms with Crippen LogP contribution in [0.4, 0.5) is 5.82 Å². The normalized spacial score (nSPS) is 18.3. The molecule has 102 valence electrons. The van der Waals surface area contributed by atoms with Gasteiger partial charge in [0.05, 0.1) is 12.2 Å². The second-order valence-corrected chi connectivity index (χ2v) is 4.90. The summed E-state index contributed by atoms with van der Waals surface area (Å²) >= 11 is 0. The van der Waals surface area contributed by atoms with Crippen LogP contribution < -0.4 is 10.2 Å². The molecule has 0 radical (unpaired) electrons. The van der Waals surface area contributed by atoms with E-state index in [-0.39, 0.29) is 6.61 Å². The third-order valence-corrected chi connectivity index (χ3v) is 3.52. The summed E-state index contributed by atoms with van der Waals surface area (Å²) in [6.07, 6.45) is 4.04. The van der Waals surface area contributed by atoms with Gasteiger partial charge in [-0.15, -0.1) is 0 Å². The number of hydrogen-bond donors (Lipinski definition) is 2. The lowest BCUT2D eigenvalue weighted by Gasteiger charge is -2.27. The molecular weight excluding hydrogens is 240 g/mol. The lowest BCUT2D eigenvalue weighted by atomic mass is 10.1. The number of pyridine rings is 1. The van der Waals surface area contributed by atoms with Crippen molar-refractivity contribution in [3.63, 3.8) is 0 Å². The molecule has 0 aliphatic carbocycles. The smallest absolute Gasteiger partial charge is 0.146 e. The molecule has 19 heavy (non-hydrogen) atoms. The fraction of sp³-hybridized carbons (Fsp3) is 0.571. The number of rotatable bonds is 5. The first-order valence-corrected chi connectivity index (χ1v) is 6.71. The Balaban J connectivity index is 2.22. The van der Waals surface area contributed by atoms with Gasteiger partial charge in [0.1, 0.15) is 11.9 Å². The highest BCUT2D eigenvalue weighted by atomic mass is 16.3. The van der Waals surface area contributed by atoms with Crippen molar-refractivity contribution in [2.75, 3.05) is 31.1 Å². The minimum atomic E-state index is 0.0627. The number of aryl methyl sites for hydroxylation is 1. The molecule has 5 heteroatoms. The molecule has 1 aromatic rings. The van der Waals surface area contributed by atoms with Crippen LogP contribution in [0.2, 0.25) is 0 Å². The molecule has 0 bridgehead atoms. The number of nitrogens with zero attached hydrogens (tertiary/aromatic N) is 3. The third kappa shape index (κ3) is 3.22. The number of nitriles is 1. The maximum Gasteiger partial charge on any atom is 0.146 e. The van der Waals surface area contributed by atoms with Crippen molar-refractivity contribution >= 4 is 5.82 Å². The summed E-state index contributed by atoms with van der Waals surface area (Å²) in [6, 6.07) is 4.48. The molecular formula is C14H20N4O. The SMILES string of the molecule is Cc1ccnc(N(CCO)CC2CCCN2)c1C#N. The molecule has 5 nitrogen and oxygen atoms in total. The number of hydrogen-bond acceptors (Lipinski definition) is 5. The first-order chi connectivity index (χ1) is 9.26. The zero-order valence-corrected chi connectivity index (χ0v) is 11.3. The maximum absolute atomic E-state index is 9.28. The Labute approximate surface area is 113 Å². The van der Waals surface area contributed by atoms with Gasteiger partial charge in [0.15, 0.2) is 0 Å². The van der Waals surface area contributed by atoms with Gasteiger partial charge >= 0.3 is 0 Å². The summed E-state index contributed by atoms with van der Waals surface area (Å²) in [6.45, 7) is 4.31. The predicted molar refractivity (Wildman–Crippen MR) is 74.0 cm³/mol. The van der Waals surface area contributed by atoms with E-state index in [0.29, 0.717) is 24.0 Å². The van der Waals surface area contributed by atoms with Crippen molar-refractivity contribution in [3.8, 4) is 6.07 Å². The van der Waals surface area contributed by atoms with Crippen LogP contribution in [-0.2, 0) is 0 Å². The highest BCUT2D eigenvalue weighted by molar-refractivity contribution is 5.57. The minimum Gasteiger partial charge on any atom is -0.395 e. The van der Waals surface area contributed by atoms with Crippen molar-refractivity contribution in [2.24, 2.45) is 0 Å². The molecule has 1 aliphatic heterocycles. The minimum absolute atomic E-state index is 0.0627. The predicted octanol–water partition coefficient (Wildman–Crippen LogP) is 0.812. The van der Waals surface area contributed by atoms with Gasteiger partial charge in [-0.05, 0) is 37.9 Å². The Morgan fingerprint density at radius 2 is 2.47 bits per heavy atom. The summed E-state index contributed by atoms with van der Waals surface area (Å²) in [4.78, 5) is 6.34. The summed E-state index contributed by atoms with van der Waals surface area (Å²) in [5, 5.41) is 21.9. The molecule has 1 unspecified atom stereocenters. The summed E-state index contributed by atoms with van der Waals surface area (Å²) in [5.41, 5.74) is 1.53. The van der Waals surface area contributed by atoms with Crippen LogP contribution in [0.1, 0.15) is 24.0 Å². The van der Waals surface area contributed by atoms with Crippen LogP contribution >= 0.6 is 0 Å². The van der Waals surface area contributed by atoms with Gasteiger partial charge in [-0.1, -0.05) is 0 Å². The number of nitrogens with one attached hydrogen (secondary N) is 1. The van der Waals surface area contributed by atoms with Crippen LogP contribution in [0, 0.1) is 18.3 Å². The van der Waals surface area contributed by atoms with Crippen molar-refractivity contribution in [2.45, 2.75) is 25.8 Å². The molecule has 1 saturated heterocycles. The van der Waals surface area contributed by atoms with E-state index in [1.54, 1.807) is 6.20 Å². The topological polar surface area (TPSA) is 72.2 Å². The van der Waals surface area contributed by atoms with Gasteiger partial charge in [0, 0.05) is 25.3 Å². The van der Waals surface area contributed by atoms with E-state index < -0.39 is 0 Å². The molecule has 0 amide bonds. The Kier molecular flexibility index (Phi) is 4.72. The van der Waals surface area contributed by atoms with E-state index >= 15 is 0 Å². The van der Waals surface area contributed by atoms with Crippen LogP contribution in [0.5, 0.6) is 0 Å². The molecule has 2 heterocycles. The average Bonchev–Trinajstić information content (AvgIpc) is 2.91. The van der Waals surface area contributed by atoms with Gasteiger partial charge in [0.2, 0.25) is 0 Å². The van der Waals surface area contributed by atoms with Gasteiger partial charge in [-0.3, -0.25) is 0 Å². The van der Waals surface area contributed by atoms with Crippen molar-refractivity contribution in [3.05, 3.63) is 23.4 Å². The third-order valence-electron chi connectivity index (χ3n) is 3.52. The largest absolute Gasteiger partial charge is 0.395 e. The lowest BCUT2D eigenvalue weighted by Crippen LogP contribution is -2.40. The zero-order valence-electron chi connectivity index (χ0n) is 11.3. The van der Waals surface area contributed by atoms with Gasteiger partial charge in [-0.25, -0.2) is 4.98 Å². The van der Waals surface area contributed by atoms with Crippen LogP contribution in [-0.4, -0.2) is 42.4 Å². The van der Waals surface area contributed by atoms with Crippen LogP contribution in [0.3, 0.4) is 0 Å². The molecule has 0 spiro atoms. The summed E-state index contributed by atoms with van der Waals surface area (Å²) in [5.74, 6) is 0.685. The Hall–Kier alpha value is -1.64. The molecule has 1 atom stereocenters. The van der Waals surface area contributed by atoms with E-state index in [9.17, 15) is 10.4 Å². The van der Waals surface area contributed by atoms with E-state index in [4.69, 9.17) is 0 Å². The zero-order chi connectivity index (χ0) is 13.7. The number of anilines is 1. The lowest BCUT2D eigenvalue weighted by molar-refractivity contribution is 0.300. The number of aromatic nitrogens is 1. The quantitative estimate of drug-likeness (QED) is 0.820. The monoisotopic (exact) mass is 260 g/mol. The molecule has 2 rings (SSSR count). The first kappa shape index (κ1) is 13.8.